The van der Waals surface area contributed by atoms with E-state index in [0.717, 1.165) is 17.0 Å². The van der Waals surface area contributed by atoms with Crippen LogP contribution < -0.4 is 15.8 Å². The smallest absolute Gasteiger partial charge is 0.279 e. The molecule has 0 saturated heterocycles. The van der Waals surface area contributed by atoms with Crippen molar-refractivity contribution < 1.29 is 14.4 Å². The Balaban J connectivity index is 1.68. The Morgan fingerprint density at radius 1 is 1.19 bits per heavy atom. The van der Waals surface area contributed by atoms with Crippen LogP contribution in [-0.4, -0.2) is 42.7 Å². The van der Waals surface area contributed by atoms with Gasteiger partial charge < -0.3 is 19.9 Å². The van der Waals surface area contributed by atoms with E-state index < -0.39 is 0 Å². The van der Waals surface area contributed by atoms with Crippen molar-refractivity contribution in [2.45, 2.75) is 32.7 Å². The molecule has 7 nitrogen and oxygen atoms in total. The summed E-state index contributed by atoms with van der Waals surface area (Å²) in [5.41, 5.74) is 2.52. The lowest BCUT2D eigenvalue weighted by Gasteiger charge is -2.18. The summed E-state index contributed by atoms with van der Waals surface area (Å²) in [6.07, 6.45) is 1.08. The Labute approximate surface area is 182 Å². The van der Waals surface area contributed by atoms with E-state index >= 15 is 0 Å². The van der Waals surface area contributed by atoms with Crippen molar-refractivity contribution in [3.05, 3.63) is 70.3 Å². The maximum atomic E-state index is 12.7. The van der Waals surface area contributed by atoms with Gasteiger partial charge in [0.2, 0.25) is 0 Å². The summed E-state index contributed by atoms with van der Waals surface area (Å²) >= 11 is 0. The lowest BCUT2D eigenvalue weighted by Crippen LogP contribution is -3.12. The zero-order chi connectivity index (χ0) is 22.2. The molecule has 3 aromatic rings. The number of aromatic nitrogens is 2. The minimum Gasteiger partial charge on any atom is -0.379 e. The molecule has 0 bridgehead atoms. The quantitative estimate of drug-likeness (QED) is 0.466. The lowest BCUT2D eigenvalue weighted by atomic mass is 9.99. The number of quaternary nitrogens is 1. The topological polar surface area (TPSA) is 88.5 Å². The van der Waals surface area contributed by atoms with Crippen LogP contribution in [0.4, 0.5) is 5.69 Å². The molecule has 1 aromatic heterocycles. The molecule has 1 heterocycles. The minimum absolute atomic E-state index is 0.0921. The van der Waals surface area contributed by atoms with Crippen molar-refractivity contribution in [1.29, 1.82) is 0 Å². The van der Waals surface area contributed by atoms with Gasteiger partial charge in [-0.25, -0.2) is 4.98 Å². The average molecular weight is 424 g/mol. The van der Waals surface area contributed by atoms with E-state index in [-0.39, 0.29) is 18.0 Å². The van der Waals surface area contributed by atoms with Gasteiger partial charge in [0.1, 0.15) is 13.1 Å². The third-order valence-electron chi connectivity index (χ3n) is 5.53. The number of carbonyl (C=O) groups is 1. The molecule has 0 aliphatic carbocycles. The molecule has 0 saturated carbocycles. The minimum atomic E-state index is -0.169. The van der Waals surface area contributed by atoms with E-state index in [0.29, 0.717) is 42.3 Å². The fourth-order valence-corrected chi connectivity index (χ4v) is 3.50. The van der Waals surface area contributed by atoms with Crippen LogP contribution in [0.25, 0.3) is 10.9 Å². The number of benzene rings is 2. The zero-order valence-corrected chi connectivity index (χ0v) is 18.4. The van der Waals surface area contributed by atoms with Crippen LogP contribution in [0.15, 0.2) is 53.3 Å². The molecule has 1 unspecified atom stereocenters. The molecule has 0 aliphatic heterocycles. The third-order valence-corrected chi connectivity index (χ3v) is 5.53. The molecule has 7 heteroatoms. The van der Waals surface area contributed by atoms with E-state index in [1.165, 1.54) is 5.56 Å². The van der Waals surface area contributed by atoms with E-state index in [1.807, 2.05) is 30.3 Å². The molecule has 1 amide bonds. The monoisotopic (exact) mass is 423 g/mol. The highest BCUT2D eigenvalue weighted by Crippen LogP contribution is 2.20. The lowest BCUT2D eigenvalue weighted by molar-refractivity contribution is -0.906. The summed E-state index contributed by atoms with van der Waals surface area (Å²) in [6, 6.07) is 15.2. The standard InChI is InChI=1S/C24H30N4O3/c1-4-17(2)18-9-11-19(12-10-18)25-23(29)16-28(13-14-31-3)15-22-26-21-8-6-5-7-20(21)24(30)27-22/h5-12,17H,4,13-16H2,1-3H3,(H,25,29)(H,26,27,30)/p+1/t17-/m0/s1. The largest absolute Gasteiger partial charge is 0.379 e. The number of para-hydroxylation sites is 1. The predicted octanol–water partition coefficient (Wildman–Crippen LogP) is 2.11. The van der Waals surface area contributed by atoms with Crippen molar-refractivity contribution in [1.82, 2.24) is 9.97 Å². The Morgan fingerprint density at radius 3 is 2.65 bits per heavy atom. The number of anilines is 1. The zero-order valence-electron chi connectivity index (χ0n) is 18.4. The second-order valence-corrected chi connectivity index (χ2v) is 7.86. The fraction of sp³-hybridized carbons (Fsp3) is 0.375. The van der Waals surface area contributed by atoms with Crippen molar-refractivity contribution in [2.24, 2.45) is 0 Å². The summed E-state index contributed by atoms with van der Waals surface area (Å²) < 4.78 is 5.21. The summed E-state index contributed by atoms with van der Waals surface area (Å²) in [5, 5.41) is 3.53. The van der Waals surface area contributed by atoms with Crippen LogP contribution in [0, 0.1) is 0 Å². The number of methoxy groups -OCH3 is 1. The van der Waals surface area contributed by atoms with Crippen molar-refractivity contribution in [2.75, 3.05) is 32.1 Å². The Bertz CT molecular complexity index is 1060. The Hall–Kier alpha value is -3.03. The predicted molar refractivity (Wildman–Crippen MR) is 122 cm³/mol. The van der Waals surface area contributed by atoms with Gasteiger partial charge in [-0.1, -0.05) is 38.1 Å². The van der Waals surface area contributed by atoms with Gasteiger partial charge in [-0.15, -0.1) is 0 Å². The second-order valence-electron chi connectivity index (χ2n) is 7.86. The molecular formula is C24H31N4O3+. The first-order chi connectivity index (χ1) is 15.0. The number of nitrogens with zero attached hydrogens (tertiary/aromatic N) is 1. The van der Waals surface area contributed by atoms with Crippen LogP contribution in [0.5, 0.6) is 0 Å². The number of hydrogen-bond acceptors (Lipinski definition) is 4. The second kappa shape index (κ2) is 10.8. The highest BCUT2D eigenvalue weighted by molar-refractivity contribution is 5.91. The number of carbonyl (C=O) groups excluding carboxylic acids is 1. The van der Waals surface area contributed by atoms with Gasteiger partial charge in [0.05, 0.1) is 17.5 Å². The van der Waals surface area contributed by atoms with Gasteiger partial charge in [0.15, 0.2) is 12.4 Å². The molecule has 164 valence electrons. The van der Waals surface area contributed by atoms with Gasteiger partial charge in [0.25, 0.3) is 11.5 Å². The number of H-pyrrole nitrogens is 1. The van der Waals surface area contributed by atoms with Crippen LogP contribution >= 0.6 is 0 Å². The molecule has 2 atom stereocenters. The summed E-state index contributed by atoms with van der Waals surface area (Å²) in [5.74, 6) is 0.960. The summed E-state index contributed by atoms with van der Waals surface area (Å²) in [4.78, 5) is 33.4. The van der Waals surface area contributed by atoms with Crippen molar-refractivity contribution >= 4 is 22.5 Å². The third kappa shape index (κ3) is 6.23. The molecule has 0 fully saturated rings. The van der Waals surface area contributed by atoms with E-state index in [9.17, 15) is 9.59 Å². The molecule has 3 N–H and O–H groups in total. The highest BCUT2D eigenvalue weighted by Gasteiger charge is 2.17. The Morgan fingerprint density at radius 2 is 1.94 bits per heavy atom. The van der Waals surface area contributed by atoms with E-state index in [2.05, 4.69) is 41.3 Å². The normalized spacial score (nSPS) is 13.1. The highest BCUT2D eigenvalue weighted by atomic mass is 16.5. The van der Waals surface area contributed by atoms with E-state index in [4.69, 9.17) is 4.74 Å². The molecule has 0 radical (unpaired) electrons. The molecule has 2 aromatic carbocycles. The number of aromatic amines is 1. The van der Waals surface area contributed by atoms with E-state index in [1.54, 1.807) is 13.2 Å². The Kier molecular flexibility index (Phi) is 7.92. The SMILES string of the molecule is CC[C@H](C)c1ccc(NC(=O)C[NH+](CCOC)Cc2nc3ccccc3c(=O)[nH]2)cc1. The first-order valence-corrected chi connectivity index (χ1v) is 10.7. The molecule has 3 rings (SSSR count). The number of amides is 1. The first-order valence-electron chi connectivity index (χ1n) is 10.7. The van der Waals surface area contributed by atoms with Gasteiger partial charge >= 0.3 is 0 Å². The molecule has 0 spiro atoms. The number of hydrogen-bond donors (Lipinski definition) is 3. The van der Waals surface area contributed by atoms with Gasteiger partial charge in [-0.2, -0.15) is 0 Å². The summed E-state index contributed by atoms with van der Waals surface area (Å²) in [6.45, 7) is 6.14. The number of ether oxygens (including phenoxy) is 1. The van der Waals surface area contributed by atoms with Gasteiger partial charge in [-0.3, -0.25) is 9.59 Å². The number of nitrogens with one attached hydrogen (secondary N) is 3. The van der Waals surface area contributed by atoms with Crippen LogP contribution in [0.1, 0.15) is 37.6 Å². The number of fused-ring (bicyclic) bond motifs is 1. The van der Waals surface area contributed by atoms with Gasteiger partial charge in [-0.05, 0) is 42.2 Å². The van der Waals surface area contributed by atoms with Crippen LogP contribution in [0.2, 0.25) is 0 Å². The molecule has 31 heavy (non-hydrogen) atoms. The maximum absolute atomic E-state index is 12.7. The van der Waals surface area contributed by atoms with Crippen LogP contribution in [0.3, 0.4) is 0 Å². The molecule has 0 aliphatic rings. The molecular weight excluding hydrogens is 392 g/mol. The summed E-state index contributed by atoms with van der Waals surface area (Å²) in [7, 11) is 1.63. The van der Waals surface area contributed by atoms with Crippen LogP contribution in [-0.2, 0) is 16.1 Å². The first kappa shape index (κ1) is 22.7. The maximum Gasteiger partial charge on any atom is 0.279 e. The number of rotatable bonds is 10. The van der Waals surface area contributed by atoms with Crippen molar-refractivity contribution in [3.8, 4) is 0 Å². The van der Waals surface area contributed by atoms with Crippen molar-refractivity contribution in [3.63, 3.8) is 0 Å². The van der Waals surface area contributed by atoms with Gasteiger partial charge in [0, 0.05) is 12.8 Å². The average Bonchev–Trinajstić information content (AvgIpc) is 2.77. The fourth-order valence-electron chi connectivity index (χ4n) is 3.50.